The first-order valence-corrected chi connectivity index (χ1v) is 10.2. The van der Waals surface area contributed by atoms with Crippen LogP contribution in [-0.4, -0.2) is 47.0 Å². The van der Waals surface area contributed by atoms with E-state index in [9.17, 15) is 4.79 Å². The first-order chi connectivity index (χ1) is 13.2. The Kier molecular flexibility index (Phi) is 5.37. The normalized spacial score (nSPS) is 17.9. The predicted molar refractivity (Wildman–Crippen MR) is 108 cm³/mol. The smallest absolute Gasteiger partial charge is 0.253 e. The first kappa shape index (κ1) is 18.0. The lowest BCUT2D eigenvalue weighted by molar-refractivity contribution is 0.0696. The zero-order valence-corrected chi connectivity index (χ0v) is 16.1. The molecule has 0 bridgehead atoms. The maximum Gasteiger partial charge on any atom is 0.253 e. The van der Waals surface area contributed by atoms with Gasteiger partial charge in [-0.15, -0.1) is 0 Å². The van der Waals surface area contributed by atoms with Crippen LogP contribution in [0.4, 0.5) is 5.95 Å². The van der Waals surface area contributed by atoms with E-state index in [1.807, 2.05) is 48.6 Å². The van der Waals surface area contributed by atoms with Crippen molar-refractivity contribution in [3.63, 3.8) is 0 Å². The van der Waals surface area contributed by atoms with Crippen LogP contribution in [0.25, 0.3) is 11.1 Å². The van der Waals surface area contributed by atoms with Gasteiger partial charge in [0.05, 0.1) is 0 Å². The van der Waals surface area contributed by atoms with Crippen molar-refractivity contribution in [3.8, 4) is 11.1 Å². The Morgan fingerprint density at radius 3 is 2.19 bits per heavy atom. The van der Waals surface area contributed by atoms with Gasteiger partial charge in [-0.25, -0.2) is 9.97 Å². The number of nitrogens with zero attached hydrogens (tertiary/aromatic N) is 4. The molecule has 1 aliphatic carbocycles. The third-order valence-corrected chi connectivity index (χ3v) is 5.94. The fourth-order valence-electron chi connectivity index (χ4n) is 4.19. The van der Waals surface area contributed by atoms with Crippen molar-refractivity contribution in [3.05, 3.63) is 42.2 Å². The standard InChI is InChI=1S/C22H28N4O/c1-25(20-7-3-2-4-8-20)21(27)18-11-9-17(10-12-18)19-15-23-22(24-16-19)26-13-5-6-14-26/h9-12,15-16,20H,2-8,13-14H2,1H3. The minimum absolute atomic E-state index is 0.120. The quantitative estimate of drug-likeness (QED) is 0.818. The second-order valence-electron chi connectivity index (χ2n) is 7.75. The number of carbonyl (C=O) groups excluding carboxylic acids is 1. The molecule has 142 valence electrons. The van der Waals surface area contributed by atoms with Crippen molar-refractivity contribution in [2.75, 3.05) is 25.0 Å². The lowest BCUT2D eigenvalue weighted by Gasteiger charge is -2.31. The highest BCUT2D eigenvalue weighted by Crippen LogP contribution is 2.24. The van der Waals surface area contributed by atoms with Crippen LogP contribution in [0.3, 0.4) is 0 Å². The predicted octanol–water partition coefficient (Wildman–Crippen LogP) is 4.15. The van der Waals surface area contributed by atoms with E-state index in [0.29, 0.717) is 6.04 Å². The summed E-state index contributed by atoms with van der Waals surface area (Å²) in [5.74, 6) is 0.936. The summed E-state index contributed by atoms with van der Waals surface area (Å²) in [6.45, 7) is 2.09. The molecule has 5 heteroatoms. The molecule has 1 saturated heterocycles. The molecule has 0 radical (unpaired) electrons. The van der Waals surface area contributed by atoms with Gasteiger partial charge in [0.1, 0.15) is 0 Å². The van der Waals surface area contributed by atoms with Crippen LogP contribution in [0, 0.1) is 0 Å². The maximum absolute atomic E-state index is 12.8. The Hall–Kier alpha value is -2.43. The number of benzene rings is 1. The average molecular weight is 364 g/mol. The van der Waals surface area contributed by atoms with Crippen molar-refractivity contribution in [2.45, 2.75) is 51.0 Å². The zero-order chi connectivity index (χ0) is 18.6. The zero-order valence-electron chi connectivity index (χ0n) is 16.1. The van der Waals surface area contributed by atoms with Crippen LogP contribution < -0.4 is 4.90 Å². The van der Waals surface area contributed by atoms with Gasteiger partial charge in [-0.1, -0.05) is 31.4 Å². The van der Waals surface area contributed by atoms with Crippen molar-refractivity contribution in [2.24, 2.45) is 0 Å². The minimum Gasteiger partial charge on any atom is -0.341 e. The van der Waals surface area contributed by atoms with Gasteiger partial charge in [-0.3, -0.25) is 4.79 Å². The monoisotopic (exact) mass is 364 g/mol. The summed E-state index contributed by atoms with van der Waals surface area (Å²) < 4.78 is 0. The second kappa shape index (κ2) is 8.07. The minimum atomic E-state index is 0.120. The van der Waals surface area contributed by atoms with Gasteiger partial charge < -0.3 is 9.80 Å². The van der Waals surface area contributed by atoms with E-state index in [2.05, 4.69) is 14.9 Å². The summed E-state index contributed by atoms with van der Waals surface area (Å²) >= 11 is 0. The average Bonchev–Trinajstić information content (AvgIpc) is 3.28. The van der Waals surface area contributed by atoms with Gasteiger partial charge in [0, 0.05) is 49.7 Å². The molecule has 0 atom stereocenters. The molecule has 4 rings (SSSR count). The highest BCUT2D eigenvalue weighted by atomic mass is 16.2. The molecular weight excluding hydrogens is 336 g/mol. The van der Waals surface area contributed by atoms with Crippen LogP contribution in [0.2, 0.25) is 0 Å². The summed E-state index contributed by atoms with van der Waals surface area (Å²) in [5, 5.41) is 0. The van der Waals surface area contributed by atoms with Gasteiger partial charge in [0.15, 0.2) is 0 Å². The summed E-state index contributed by atoms with van der Waals surface area (Å²) in [4.78, 5) is 26.0. The van der Waals surface area contributed by atoms with Gasteiger partial charge in [0.2, 0.25) is 5.95 Å². The second-order valence-corrected chi connectivity index (χ2v) is 7.75. The molecule has 2 aromatic rings. The highest BCUT2D eigenvalue weighted by Gasteiger charge is 2.23. The number of carbonyl (C=O) groups is 1. The molecule has 27 heavy (non-hydrogen) atoms. The third kappa shape index (κ3) is 3.97. The number of hydrogen-bond donors (Lipinski definition) is 0. The van der Waals surface area contributed by atoms with Crippen LogP contribution in [-0.2, 0) is 0 Å². The van der Waals surface area contributed by atoms with Gasteiger partial charge in [0.25, 0.3) is 5.91 Å². The van der Waals surface area contributed by atoms with E-state index in [-0.39, 0.29) is 5.91 Å². The lowest BCUT2D eigenvalue weighted by Crippen LogP contribution is -2.38. The van der Waals surface area contributed by atoms with Crippen molar-refractivity contribution in [1.82, 2.24) is 14.9 Å². The van der Waals surface area contributed by atoms with E-state index < -0.39 is 0 Å². The summed E-state index contributed by atoms with van der Waals surface area (Å²) in [6, 6.07) is 8.22. The molecule has 2 aliphatic rings. The number of hydrogen-bond acceptors (Lipinski definition) is 4. The van der Waals surface area contributed by atoms with E-state index in [4.69, 9.17) is 0 Å². The molecule has 2 heterocycles. The molecule has 5 nitrogen and oxygen atoms in total. The Balaban J connectivity index is 1.44. The molecular formula is C22H28N4O. The number of anilines is 1. The van der Waals surface area contributed by atoms with E-state index in [1.165, 1.54) is 32.1 Å². The summed E-state index contributed by atoms with van der Waals surface area (Å²) in [5.41, 5.74) is 2.78. The summed E-state index contributed by atoms with van der Waals surface area (Å²) in [6.07, 6.45) is 12.2. The molecule has 1 aliphatic heterocycles. The molecule has 2 fully saturated rings. The number of amides is 1. The Bertz CT molecular complexity index is 760. The number of aromatic nitrogens is 2. The fourth-order valence-corrected chi connectivity index (χ4v) is 4.19. The Labute approximate surface area is 161 Å². The highest BCUT2D eigenvalue weighted by molar-refractivity contribution is 5.94. The van der Waals surface area contributed by atoms with Crippen molar-refractivity contribution in [1.29, 1.82) is 0 Å². The van der Waals surface area contributed by atoms with Gasteiger partial charge in [-0.2, -0.15) is 0 Å². The van der Waals surface area contributed by atoms with Gasteiger partial charge >= 0.3 is 0 Å². The molecule has 1 saturated carbocycles. The maximum atomic E-state index is 12.8. The van der Waals surface area contributed by atoms with Crippen LogP contribution >= 0.6 is 0 Å². The fraction of sp³-hybridized carbons (Fsp3) is 0.500. The van der Waals surface area contributed by atoms with E-state index >= 15 is 0 Å². The van der Waals surface area contributed by atoms with Crippen molar-refractivity contribution >= 4 is 11.9 Å². The van der Waals surface area contributed by atoms with Crippen LogP contribution in [0.1, 0.15) is 55.3 Å². The van der Waals surface area contributed by atoms with E-state index in [0.717, 1.165) is 48.6 Å². The van der Waals surface area contributed by atoms with Crippen molar-refractivity contribution < 1.29 is 4.79 Å². The summed E-state index contributed by atoms with van der Waals surface area (Å²) in [7, 11) is 1.94. The lowest BCUT2D eigenvalue weighted by atomic mass is 9.94. The van der Waals surface area contributed by atoms with Gasteiger partial charge in [-0.05, 0) is 43.4 Å². The first-order valence-electron chi connectivity index (χ1n) is 10.2. The molecule has 0 N–H and O–H groups in total. The van der Waals surface area contributed by atoms with E-state index in [1.54, 1.807) is 0 Å². The molecule has 1 amide bonds. The third-order valence-electron chi connectivity index (χ3n) is 5.94. The Morgan fingerprint density at radius 1 is 0.926 bits per heavy atom. The van der Waals surface area contributed by atoms with Crippen LogP contribution in [0.5, 0.6) is 0 Å². The largest absolute Gasteiger partial charge is 0.341 e. The van der Waals surface area contributed by atoms with Crippen LogP contribution in [0.15, 0.2) is 36.7 Å². The molecule has 1 aromatic carbocycles. The SMILES string of the molecule is CN(C(=O)c1ccc(-c2cnc(N3CCCC3)nc2)cc1)C1CCCCC1. The molecule has 1 aromatic heterocycles. The molecule has 0 spiro atoms. The number of rotatable bonds is 4. The topological polar surface area (TPSA) is 49.3 Å². The molecule has 0 unspecified atom stereocenters. The Morgan fingerprint density at radius 2 is 1.56 bits per heavy atom.